The van der Waals surface area contributed by atoms with Crippen molar-refractivity contribution in [3.8, 4) is 5.75 Å². The molecular weight excluding hydrogens is 242 g/mol. The maximum Gasteiger partial charge on any atom is 0.239 e. The summed E-state index contributed by atoms with van der Waals surface area (Å²) in [5, 5.41) is 9.36. The highest BCUT2D eigenvalue weighted by Gasteiger charge is 2.14. The summed E-state index contributed by atoms with van der Waals surface area (Å²) in [4.78, 5) is 11.7. The van der Waals surface area contributed by atoms with Gasteiger partial charge in [-0.3, -0.25) is 4.79 Å². The Kier molecular flexibility index (Phi) is 5.03. The molecule has 0 bridgehead atoms. The van der Waals surface area contributed by atoms with Crippen molar-refractivity contribution in [2.45, 2.75) is 18.9 Å². The summed E-state index contributed by atoms with van der Waals surface area (Å²) in [6.45, 7) is 2.01. The van der Waals surface area contributed by atoms with E-state index in [2.05, 4.69) is 16.0 Å². The predicted octanol–water partition coefficient (Wildman–Crippen LogP) is 0.975. The van der Waals surface area contributed by atoms with Gasteiger partial charge in [0.05, 0.1) is 19.3 Å². The maximum absolute atomic E-state index is 11.7. The third-order valence-corrected chi connectivity index (χ3v) is 3.25. The van der Waals surface area contributed by atoms with Crippen LogP contribution in [0.5, 0.6) is 5.75 Å². The van der Waals surface area contributed by atoms with Crippen molar-refractivity contribution in [3.63, 3.8) is 0 Å². The fourth-order valence-corrected chi connectivity index (χ4v) is 2.20. The third kappa shape index (κ3) is 4.13. The molecule has 1 fully saturated rings. The SMILES string of the molecule is COc1ccccc1NCC(=O)NCC1CCCN1. The van der Waals surface area contributed by atoms with E-state index < -0.39 is 0 Å². The molecular formula is C14H21N3O2. The standard InChI is InChI=1S/C14H21N3O2/c1-19-13-7-3-2-6-12(13)16-10-14(18)17-9-11-5-4-8-15-11/h2-3,6-7,11,15-16H,4-5,8-10H2,1H3,(H,17,18). The number of anilines is 1. The van der Waals surface area contributed by atoms with E-state index in [1.54, 1.807) is 7.11 Å². The second-order valence-electron chi connectivity index (χ2n) is 4.65. The van der Waals surface area contributed by atoms with Crippen LogP contribution in [0.4, 0.5) is 5.69 Å². The summed E-state index contributed by atoms with van der Waals surface area (Å²) in [5.41, 5.74) is 0.833. The van der Waals surface area contributed by atoms with Crippen molar-refractivity contribution in [1.29, 1.82) is 0 Å². The van der Waals surface area contributed by atoms with E-state index in [-0.39, 0.29) is 12.5 Å². The predicted molar refractivity (Wildman–Crippen MR) is 75.5 cm³/mol. The van der Waals surface area contributed by atoms with Gasteiger partial charge in [-0.1, -0.05) is 12.1 Å². The third-order valence-electron chi connectivity index (χ3n) is 3.25. The second-order valence-corrected chi connectivity index (χ2v) is 4.65. The maximum atomic E-state index is 11.7. The van der Waals surface area contributed by atoms with Crippen molar-refractivity contribution in [2.75, 3.05) is 32.1 Å². The van der Waals surface area contributed by atoms with E-state index in [1.165, 1.54) is 6.42 Å². The number of nitrogens with one attached hydrogen (secondary N) is 3. The first-order chi connectivity index (χ1) is 9.29. The van der Waals surface area contributed by atoms with Crippen LogP contribution in [-0.4, -0.2) is 38.7 Å². The summed E-state index contributed by atoms with van der Waals surface area (Å²) < 4.78 is 5.21. The van der Waals surface area contributed by atoms with E-state index in [1.807, 2.05) is 24.3 Å². The lowest BCUT2D eigenvalue weighted by atomic mass is 10.2. The van der Waals surface area contributed by atoms with Gasteiger partial charge in [0.2, 0.25) is 5.91 Å². The Morgan fingerprint density at radius 1 is 1.47 bits per heavy atom. The van der Waals surface area contributed by atoms with Gasteiger partial charge in [-0.15, -0.1) is 0 Å². The van der Waals surface area contributed by atoms with Crippen LogP contribution < -0.4 is 20.7 Å². The van der Waals surface area contributed by atoms with Crippen LogP contribution in [0.1, 0.15) is 12.8 Å². The number of methoxy groups -OCH3 is 1. The normalized spacial score (nSPS) is 18.1. The molecule has 0 saturated carbocycles. The number of amides is 1. The number of benzene rings is 1. The molecule has 0 spiro atoms. The van der Waals surface area contributed by atoms with Gasteiger partial charge < -0.3 is 20.7 Å². The molecule has 104 valence electrons. The zero-order chi connectivity index (χ0) is 13.5. The molecule has 3 N–H and O–H groups in total. The van der Waals surface area contributed by atoms with Crippen molar-refractivity contribution >= 4 is 11.6 Å². The molecule has 1 aromatic rings. The van der Waals surface area contributed by atoms with Crippen LogP contribution >= 0.6 is 0 Å². The van der Waals surface area contributed by atoms with Crippen molar-refractivity contribution in [3.05, 3.63) is 24.3 Å². The molecule has 0 aromatic heterocycles. The van der Waals surface area contributed by atoms with Gasteiger partial charge in [0.25, 0.3) is 0 Å². The van der Waals surface area contributed by atoms with Crippen LogP contribution in [0.2, 0.25) is 0 Å². The first kappa shape index (κ1) is 13.7. The minimum absolute atomic E-state index is 0.000365. The molecule has 1 atom stereocenters. The molecule has 5 heteroatoms. The van der Waals surface area contributed by atoms with Gasteiger partial charge >= 0.3 is 0 Å². The lowest BCUT2D eigenvalue weighted by Crippen LogP contribution is -2.39. The molecule has 1 saturated heterocycles. The van der Waals surface area contributed by atoms with Crippen LogP contribution in [-0.2, 0) is 4.79 Å². The fourth-order valence-electron chi connectivity index (χ4n) is 2.20. The molecule has 1 amide bonds. The van der Waals surface area contributed by atoms with E-state index in [9.17, 15) is 4.79 Å². The number of carbonyl (C=O) groups excluding carboxylic acids is 1. The second kappa shape index (κ2) is 6.99. The van der Waals surface area contributed by atoms with Crippen LogP contribution in [0, 0.1) is 0 Å². The van der Waals surface area contributed by atoms with Gasteiger partial charge in [0, 0.05) is 12.6 Å². The van der Waals surface area contributed by atoms with E-state index in [0.717, 1.165) is 24.4 Å². The summed E-state index contributed by atoms with van der Waals surface area (Å²) in [6.07, 6.45) is 2.33. The Balaban J connectivity index is 1.73. The lowest BCUT2D eigenvalue weighted by Gasteiger charge is -2.13. The summed E-state index contributed by atoms with van der Waals surface area (Å²) in [6, 6.07) is 7.99. The molecule has 1 aromatic carbocycles. The first-order valence-corrected chi connectivity index (χ1v) is 6.66. The van der Waals surface area contributed by atoms with Crippen molar-refractivity contribution in [2.24, 2.45) is 0 Å². The lowest BCUT2D eigenvalue weighted by molar-refractivity contribution is -0.119. The van der Waals surface area contributed by atoms with Crippen molar-refractivity contribution < 1.29 is 9.53 Å². The number of ether oxygens (including phenoxy) is 1. The summed E-state index contributed by atoms with van der Waals surface area (Å²) in [7, 11) is 1.62. The zero-order valence-electron chi connectivity index (χ0n) is 11.2. The topological polar surface area (TPSA) is 62.4 Å². The van der Waals surface area contributed by atoms with E-state index in [0.29, 0.717) is 12.6 Å². The number of hydrogen-bond donors (Lipinski definition) is 3. The highest BCUT2D eigenvalue weighted by Crippen LogP contribution is 2.22. The van der Waals surface area contributed by atoms with Gasteiger partial charge in [-0.05, 0) is 31.5 Å². The summed E-state index contributed by atoms with van der Waals surface area (Å²) in [5.74, 6) is 0.743. The molecule has 0 aliphatic carbocycles. The largest absolute Gasteiger partial charge is 0.495 e. The van der Waals surface area contributed by atoms with E-state index in [4.69, 9.17) is 4.74 Å². The minimum Gasteiger partial charge on any atom is -0.495 e. The number of para-hydroxylation sites is 2. The van der Waals surface area contributed by atoms with Crippen LogP contribution in [0.3, 0.4) is 0 Å². The van der Waals surface area contributed by atoms with Crippen molar-refractivity contribution in [1.82, 2.24) is 10.6 Å². The highest BCUT2D eigenvalue weighted by molar-refractivity contribution is 5.81. The van der Waals surface area contributed by atoms with Gasteiger partial charge in [0.15, 0.2) is 0 Å². The Morgan fingerprint density at radius 3 is 3.05 bits per heavy atom. The van der Waals surface area contributed by atoms with Gasteiger partial charge in [0.1, 0.15) is 5.75 Å². The molecule has 5 nitrogen and oxygen atoms in total. The Labute approximate surface area is 113 Å². The molecule has 1 aliphatic rings. The Hall–Kier alpha value is -1.75. The molecule has 1 heterocycles. The summed E-state index contributed by atoms with van der Waals surface area (Å²) >= 11 is 0. The Morgan fingerprint density at radius 2 is 2.32 bits per heavy atom. The average molecular weight is 263 g/mol. The minimum atomic E-state index is -0.000365. The van der Waals surface area contributed by atoms with Crippen LogP contribution in [0.15, 0.2) is 24.3 Å². The number of carbonyl (C=O) groups is 1. The fraction of sp³-hybridized carbons (Fsp3) is 0.500. The molecule has 1 aliphatic heterocycles. The smallest absolute Gasteiger partial charge is 0.239 e. The molecule has 1 unspecified atom stereocenters. The monoisotopic (exact) mass is 263 g/mol. The zero-order valence-corrected chi connectivity index (χ0v) is 11.2. The van der Waals surface area contributed by atoms with Crippen LogP contribution in [0.25, 0.3) is 0 Å². The number of hydrogen-bond acceptors (Lipinski definition) is 4. The quantitative estimate of drug-likeness (QED) is 0.716. The molecule has 0 radical (unpaired) electrons. The van der Waals surface area contributed by atoms with Gasteiger partial charge in [-0.2, -0.15) is 0 Å². The Bertz CT molecular complexity index is 417. The van der Waals surface area contributed by atoms with Gasteiger partial charge in [-0.25, -0.2) is 0 Å². The van der Waals surface area contributed by atoms with E-state index >= 15 is 0 Å². The first-order valence-electron chi connectivity index (χ1n) is 6.66. The average Bonchev–Trinajstić information content (AvgIpc) is 2.96. The highest BCUT2D eigenvalue weighted by atomic mass is 16.5. The number of rotatable bonds is 6. The molecule has 19 heavy (non-hydrogen) atoms. The molecule has 2 rings (SSSR count).